The quantitative estimate of drug-likeness (QED) is 0.645. The molecule has 1 nitrogen and oxygen atoms in total. The van der Waals surface area contributed by atoms with Crippen molar-refractivity contribution in [2.75, 3.05) is 0 Å². The molecule has 0 aromatic heterocycles. The standard InChI is InChI=1S/C12H16O/c1-3-12(4-2,10-13)11-8-6-5-7-9-11/h5-10H,3-4H2,1-2H3. The van der Waals surface area contributed by atoms with Crippen molar-refractivity contribution in [3.05, 3.63) is 35.9 Å². The Morgan fingerprint density at radius 3 is 2.08 bits per heavy atom. The summed E-state index contributed by atoms with van der Waals surface area (Å²) in [6, 6.07) is 10.0. The number of aldehydes is 1. The van der Waals surface area contributed by atoms with Gasteiger partial charge in [-0.2, -0.15) is 0 Å². The monoisotopic (exact) mass is 176 g/mol. The zero-order chi connectivity index (χ0) is 9.73. The van der Waals surface area contributed by atoms with Gasteiger partial charge in [-0.3, -0.25) is 0 Å². The lowest BCUT2D eigenvalue weighted by Crippen LogP contribution is -2.25. The second-order valence-electron chi connectivity index (χ2n) is 3.35. The zero-order valence-electron chi connectivity index (χ0n) is 8.29. The minimum Gasteiger partial charge on any atom is -0.302 e. The Balaban J connectivity index is 3.08. The van der Waals surface area contributed by atoms with Crippen molar-refractivity contribution in [2.45, 2.75) is 32.1 Å². The summed E-state index contributed by atoms with van der Waals surface area (Å²) >= 11 is 0. The van der Waals surface area contributed by atoms with Crippen LogP contribution in [0.15, 0.2) is 30.3 Å². The number of hydrogen-bond donors (Lipinski definition) is 0. The maximum Gasteiger partial charge on any atom is 0.130 e. The average molecular weight is 176 g/mol. The van der Waals surface area contributed by atoms with Crippen molar-refractivity contribution >= 4 is 6.29 Å². The van der Waals surface area contributed by atoms with Gasteiger partial charge in [-0.25, -0.2) is 0 Å². The Morgan fingerprint density at radius 2 is 1.69 bits per heavy atom. The van der Waals surface area contributed by atoms with Gasteiger partial charge in [0.1, 0.15) is 6.29 Å². The third-order valence-corrected chi connectivity index (χ3v) is 2.84. The first-order valence-corrected chi connectivity index (χ1v) is 4.81. The molecule has 1 rings (SSSR count). The number of benzene rings is 1. The minimum atomic E-state index is -0.263. The van der Waals surface area contributed by atoms with Crippen LogP contribution in [-0.2, 0) is 10.2 Å². The van der Waals surface area contributed by atoms with Crippen LogP contribution in [0.5, 0.6) is 0 Å². The van der Waals surface area contributed by atoms with Gasteiger partial charge >= 0.3 is 0 Å². The van der Waals surface area contributed by atoms with Gasteiger partial charge in [-0.05, 0) is 18.4 Å². The lowest BCUT2D eigenvalue weighted by atomic mass is 9.77. The van der Waals surface area contributed by atoms with E-state index in [1.165, 1.54) is 0 Å². The van der Waals surface area contributed by atoms with Crippen LogP contribution in [0, 0.1) is 0 Å². The first-order valence-electron chi connectivity index (χ1n) is 4.81. The van der Waals surface area contributed by atoms with E-state index in [1.807, 2.05) is 30.3 Å². The minimum absolute atomic E-state index is 0.263. The van der Waals surface area contributed by atoms with Crippen LogP contribution < -0.4 is 0 Å². The molecule has 0 heterocycles. The van der Waals surface area contributed by atoms with Gasteiger partial charge in [-0.15, -0.1) is 0 Å². The summed E-state index contributed by atoms with van der Waals surface area (Å²) in [5, 5.41) is 0. The summed E-state index contributed by atoms with van der Waals surface area (Å²) in [5.41, 5.74) is 0.872. The van der Waals surface area contributed by atoms with Crippen molar-refractivity contribution in [3.63, 3.8) is 0 Å². The average Bonchev–Trinajstić information content (AvgIpc) is 2.23. The van der Waals surface area contributed by atoms with Crippen LogP contribution in [0.4, 0.5) is 0 Å². The van der Waals surface area contributed by atoms with E-state index in [2.05, 4.69) is 13.8 Å². The van der Waals surface area contributed by atoms with Gasteiger partial charge in [0.2, 0.25) is 0 Å². The lowest BCUT2D eigenvalue weighted by Gasteiger charge is -2.25. The Kier molecular flexibility index (Phi) is 3.24. The van der Waals surface area contributed by atoms with E-state index in [0.717, 1.165) is 24.7 Å². The molecular weight excluding hydrogens is 160 g/mol. The maximum atomic E-state index is 11.1. The van der Waals surface area contributed by atoms with E-state index in [9.17, 15) is 4.79 Å². The molecule has 70 valence electrons. The van der Waals surface area contributed by atoms with Crippen LogP contribution in [0.2, 0.25) is 0 Å². The van der Waals surface area contributed by atoms with E-state index < -0.39 is 0 Å². The maximum absolute atomic E-state index is 11.1. The highest BCUT2D eigenvalue weighted by Crippen LogP contribution is 2.28. The fraction of sp³-hybridized carbons (Fsp3) is 0.417. The molecule has 0 aliphatic rings. The second kappa shape index (κ2) is 4.22. The van der Waals surface area contributed by atoms with Gasteiger partial charge in [0.15, 0.2) is 0 Å². The fourth-order valence-corrected chi connectivity index (χ4v) is 1.66. The van der Waals surface area contributed by atoms with Gasteiger partial charge in [0.05, 0.1) is 5.41 Å². The Labute approximate surface area is 79.8 Å². The van der Waals surface area contributed by atoms with Crippen LogP contribution in [0.3, 0.4) is 0 Å². The van der Waals surface area contributed by atoms with Crippen molar-refractivity contribution in [1.82, 2.24) is 0 Å². The largest absolute Gasteiger partial charge is 0.302 e. The molecule has 0 spiro atoms. The summed E-state index contributed by atoms with van der Waals surface area (Å²) < 4.78 is 0. The highest BCUT2D eigenvalue weighted by molar-refractivity contribution is 5.68. The predicted octanol–water partition coefficient (Wildman–Crippen LogP) is 2.94. The Bertz CT molecular complexity index is 260. The second-order valence-corrected chi connectivity index (χ2v) is 3.35. The van der Waals surface area contributed by atoms with Gasteiger partial charge < -0.3 is 4.79 Å². The molecule has 0 unspecified atom stereocenters. The first-order chi connectivity index (χ1) is 6.29. The molecule has 0 atom stereocenters. The third-order valence-electron chi connectivity index (χ3n) is 2.84. The first kappa shape index (κ1) is 9.97. The molecule has 0 aliphatic carbocycles. The predicted molar refractivity (Wildman–Crippen MR) is 54.8 cm³/mol. The molecule has 0 bridgehead atoms. The SMILES string of the molecule is CCC(C=O)(CC)c1ccccc1. The highest BCUT2D eigenvalue weighted by atomic mass is 16.1. The fourth-order valence-electron chi connectivity index (χ4n) is 1.66. The number of carbonyl (C=O) groups is 1. The molecule has 0 saturated heterocycles. The van der Waals surface area contributed by atoms with Crippen LogP contribution in [0.25, 0.3) is 0 Å². The zero-order valence-corrected chi connectivity index (χ0v) is 8.29. The van der Waals surface area contributed by atoms with Gasteiger partial charge in [0.25, 0.3) is 0 Å². The molecule has 0 amide bonds. The summed E-state index contributed by atoms with van der Waals surface area (Å²) in [4.78, 5) is 11.1. The molecule has 0 N–H and O–H groups in total. The van der Waals surface area contributed by atoms with Gasteiger partial charge in [-0.1, -0.05) is 44.2 Å². The smallest absolute Gasteiger partial charge is 0.130 e. The van der Waals surface area contributed by atoms with Crippen molar-refractivity contribution < 1.29 is 4.79 Å². The Morgan fingerprint density at radius 1 is 1.15 bits per heavy atom. The molecule has 1 aromatic rings. The summed E-state index contributed by atoms with van der Waals surface area (Å²) in [7, 11) is 0. The molecule has 0 aliphatic heterocycles. The topological polar surface area (TPSA) is 17.1 Å². The molecular formula is C12H16O. The van der Waals surface area contributed by atoms with Crippen molar-refractivity contribution in [1.29, 1.82) is 0 Å². The van der Waals surface area contributed by atoms with Crippen LogP contribution in [0.1, 0.15) is 32.3 Å². The molecule has 1 heteroatoms. The van der Waals surface area contributed by atoms with Gasteiger partial charge in [0, 0.05) is 0 Å². The normalized spacial score (nSPS) is 11.2. The number of hydrogen-bond acceptors (Lipinski definition) is 1. The molecule has 1 aromatic carbocycles. The van der Waals surface area contributed by atoms with E-state index in [1.54, 1.807) is 0 Å². The Hall–Kier alpha value is -1.11. The summed E-state index contributed by atoms with van der Waals surface area (Å²) in [6.45, 7) is 4.12. The lowest BCUT2D eigenvalue weighted by molar-refractivity contribution is -0.112. The van der Waals surface area contributed by atoms with E-state index >= 15 is 0 Å². The van der Waals surface area contributed by atoms with E-state index in [0.29, 0.717) is 0 Å². The molecule has 13 heavy (non-hydrogen) atoms. The van der Waals surface area contributed by atoms with Crippen molar-refractivity contribution in [3.8, 4) is 0 Å². The molecule has 0 fully saturated rings. The van der Waals surface area contributed by atoms with Crippen molar-refractivity contribution in [2.24, 2.45) is 0 Å². The van der Waals surface area contributed by atoms with Crippen LogP contribution >= 0.6 is 0 Å². The number of carbonyl (C=O) groups excluding carboxylic acids is 1. The van der Waals surface area contributed by atoms with E-state index in [4.69, 9.17) is 0 Å². The summed E-state index contributed by atoms with van der Waals surface area (Å²) in [6.07, 6.45) is 2.83. The highest BCUT2D eigenvalue weighted by Gasteiger charge is 2.27. The van der Waals surface area contributed by atoms with E-state index in [-0.39, 0.29) is 5.41 Å². The molecule has 0 radical (unpaired) electrons. The van der Waals surface area contributed by atoms with Crippen LogP contribution in [-0.4, -0.2) is 6.29 Å². The number of rotatable bonds is 4. The summed E-state index contributed by atoms with van der Waals surface area (Å²) in [5.74, 6) is 0. The molecule has 0 saturated carbocycles. The third kappa shape index (κ3) is 1.80.